The van der Waals surface area contributed by atoms with Gasteiger partial charge in [0, 0.05) is 13.2 Å². The number of rotatable bonds is 4. The molecule has 1 aromatic heterocycles. The summed E-state index contributed by atoms with van der Waals surface area (Å²) in [5.74, 6) is 1.53. The predicted octanol–water partition coefficient (Wildman–Crippen LogP) is 2.52. The Kier molecular flexibility index (Phi) is 3.82. The molecule has 0 aromatic carbocycles. The first-order valence-electron chi connectivity index (χ1n) is 7.88. The second-order valence-electron chi connectivity index (χ2n) is 6.42. The van der Waals surface area contributed by atoms with Crippen molar-refractivity contribution in [3.05, 3.63) is 11.7 Å². The lowest BCUT2D eigenvalue weighted by Gasteiger charge is -2.30. The molecular formula is C15H25N3O2. The number of nitrogens with one attached hydrogen (secondary N) is 1. The first kappa shape index (κ1) is 14.0. The van der Waals surface area contributed by atoms with Gasteiger partial charge in [-0.2, -0.15) is 4.98 Å². The summed E-state index contributed by atoms with van der Waals surface area (Å²) < 4.78 is 11.6. The lowest BCUT2D eigenvalue weighted by atomic mass is 9.82. The molecule has 0 bridgehead atoms. The van der Waals surface area contributed by atoms with Gasteiger partial charge >= 0.3 is 0 Å². The van der Waals surface area contributed by atoms with E-state index >= 15 is 0 Å². The normalized spacial score (nSPS) is 34.5. The molecule has 112 valence electrons. The summed E-state index contributed by atoms with van der Waals surface area (Å²) in [6.45, 7) is 7.07. The molecule has 0 aliphatic carbocycles. The number of nitrogens with zero attached hydrogens (tertiary/aromatic N) is 2. The lowest BCUT2D eigenvalue weighted by molar-refractivity contribution is -0.0770. The van der Waals surface area contributed by atoms with Gasteiger partial charge in [-0.3, -0.25) is 0 Å². The molecule has 3 heterocycles. The highest BCUT2D eigenvalue weighted by molar-refractivity contribution is 5.12. The molecule has 0 radical (unpaired) electrons. The summed E-state index contributed by atoms with van der Waals surface area (Å²) in [7, 11) is 0. The minimum Gasteiger partial charge on any atom is -0.367 e. The molecule has 5 heteroatoms. The zero-order chi connectivity index (χ0) is 14.1. The molecule has 1 aromatic rings. The molecule has 2 fully saturated rings. The van der Waals surface area contributed by atoms with Gasteiger partial charge in [0.25, 0.3) is 0 Å². The Bertz CT molecular complexity index is 446. The number of aromatic nitrogens is 2. The Balaban J connectivity index is 1.85. The molecule has 0 saturated carbocycles. The number of hydrogen-bond acceptors (Lipinski definition) is 5. The fraction of sp³-hybridized carbons (Fsp3) is 0.867. The van der Waals surface area contributed by atoms with Crippen LogP contribution in [0.25, 0.3) is 0 Å². The molecule has 2 aliphatic rings. The highest BCUT2D eigenvalue weighted by Crippen LogP contribution is 2.37. The smallest absolute Gasteiger partial charge is 0.234 e. The van der Waals surface area contributed by atoms with Crippen molar-refractivity contribution in [3.8, 4) is 0 Å². The van der Waals surface area contributed by atoms with Crippen molar-refractivity contribution >= 4 is 0 Å². The Morgan fingerprint density at radius 3 is 2.85 bits per heavy atom. The van der Waals surface area contributed by atoms with E-state index in [0.717, 1.165) is 63.5 Å². The summed E-state index contributed by atoms with van der Waals surface area (Å²) in [6, 6.07) is 0. The fourth-order valence-corrected chi connectivity index (χ4v) is 3.49. The van der Waals surface area contributed by atoms with Crippen molar-refractivity contribution in [2.24, 2.45) is 0 Å². The van der Waals surface area contributed by atoms with E-state index in [2.05, 4.69) is 24.3 Å². The van der Waals surface area contributed by atoms with Gasteiger partial charge < -0.3 is 14.6 Å². The van der Waals surface area contributed by atoms with E-state index in [4.69, 9.17) is 14.2 Å². The van der Waals surface area contributed by atoms with Crippen LogP contribution in [0.5, 0.6) is 0 Å². The van der Waals surface area contributed by atoms with E-state index in [1.54, 1.807) is 0 Å². The van der Waals surface area contributed by atoms with Crippen LogP contribution in [0.4, 0.5) is 0 Å². The lowest BCUT2D eigenvalue weighted by Crippen LogP contribution is -2.32. The maximum atomic E-state index is 5.92. The zero-order valence-corrected chi connectivity index (χ0v) is 12.6. The first-order valence-corrected chi connectivity index (χ1v) is 7.88. The highest BCUT2D eigenvalue weighted by atomic mass is 16.5. The summed E-state index contributed by atoms with van der Waals surface area (Å²) in [5, 5.41) is 7.68. The molecule has 2 saturated heterocycles. The average Bonchev–Trinajstić information content (AvgIpc) is 3.09. The van der Waals surface area contributed by atoms with Gasteiger partial charge in [-0.15, -0.1) is 0 Å². The van der Waals surface area contributed by atoms with Gasteiger partial charge in [0.2, 0.25) is 11.7 Å². The Morgan fingerprint density at radius 2 is 2.20 bits per heavy atom. The van der Waals surface area contributed by atoms with Crippen LogP contribution in [0.15, 0.2) is 4.52 Å². The summed E-state index contributed by atoms with van der Waals surface area (Å²) >= 11 is 0. The first-order chi connectivity index (χ1) is 9.69. The third kappa shape index (κ3) is 2.37. The van der Waals surface area contributed by atoms with Crippen molar-refractivity contribution in [1.82, 2.24) is 15.5 Å². The molecular weight excluding hydrogens is 254 g/mol. The standard InChI is InChI=1S/C15H25N3O2/c1-3-6-15(8-9-16-11-15)13-17-12(18-20-13)14(2)7-4-5-10-19-14/h16H,3-11H2,1-2H3. The van der Waals surface area contributed by atoms with Crippen molar-refractivity contribution in [1.29, 1.82) is 0 Å². The van der Waals surface area contributed by atoms with E-state index in [9.17, 15) is 0 Å². The van der Waals surface area contributed by atoms with Crippen molar-refractivity contribution in [3.63, 3.8) is 0 Å². The van der Waals surface area contributed by atoms with Crippen molar-refractivity contribution in [2.75, 3.05) is 19.7 Å². The summed E-state index contributed by atoms with van der Waals surface area (Å²) in [4.78, 5) is 4.74. The molecule has 2 unspecified atom stereocenters. The van der Waals surface area contributed by atoms with Crippen molar-refractivity contribution in [2.45, 2.75) is 63.4 Å². The summed E-state index contributed by atoms with van der Waals surface area (Å²) in [5.41, 5.74) is -0.329. The van der Waals surface area contributed by atoms with Crippen molar-refractivity contribution < 1.29 is 9.26 Å². The Hall–Kier alpha value is -0.940. The maximum absolute atomic E-state index is 5.92. The quantitative estimate of drug-likeness (QED) is 0.917. The molecule has 20 heavy (non-hydrogen) atoms. The van der Waals surface area contributed by atoms with E-state index in [1.165, 1.54) is 6.42 Å². The van der Waals surface area contributed by atoms with Crippen LogP contribution in [-0.2, 0) is 15.8 Å². The molecule has 3 rings (SSSR count). The van der Waals surface area contributed by atoms with Crippen LogP contribution in [0.2, 0.25) is 0 Å². The SMILES string of the molecule is CCCC1(c2nc(C3(C)CCCCO3)no2)CCNC1. The van der Waals surface area contributed by atoms with Gasteiger partial charge in [0.05, 0.1) is 5.41 Å². The van der Waals surface area contributed by atoms with E-state index in [1.807, 2.05) is 0 Å². The molecule has 2 atom stereocenters. The minimum atomic E-state index is -0.362. The van der Waals surface area contributed by atoms with Crippen LogP contribution in [0.1, 0.15) is 64.1 Å². The van der Waals surface area contributed by atoms with E-state index < -0.39 is 0 Å². The molecule has 5 nitrogen and oxygen atoms in total. The third-order valence-corrected chi connectivity index (χ3v) is 4.79. The van der Waals surface area contributed by atoms with Gasteiger partial charge in [-0.25, -0.2) is 0 Å². The van der Waals surface area contributed by atoms with Crippen LogP contribution in [0.3, 0.4) is 0 Å². The summed E-state index contributed by atoms with van der Waals surface area (Å²) in [6.07, 6.45) is 6.59. The Morgan fingerprint density at radius 1 is 1.30 bits per heavy atom. The zero-order valence-electron chi connectivity index (χ0n) is 12.6. The number of ether oxygens (including phenoxy) is 1. The van der Waals surface area contributed by atoms with Gasteiger partial charge in [0.1, 0.15) is 5.60 Å². The van der Waals surface area contributed by atoms with Crippen LogP contribution in [-0.4, -0.2) is 29.8 Å². The highest BCUT2D eigenvalue weighted by Gasteiger charge is 2.42. The van der Waals surface area contributed by atoms with E-state index in [0.29, 0.717) is 0 Å². The topological polar surface area (TPSA) is 60.2 Å². The molecule has 0 amide bonds. The third-order valence-electron chi connectivity index (χ3n) is 4.79. The average molecular weight is 279 g/mol. The molecule has 1 N–H and O–H groups in total. The fourth-order valence-electron chi connectivity index (χ4n) is 3.49. The monoisotopic (exact) mass is 279 g/mol. The van der Waals surface area contributed by atoms with Crippen LogP contribution >= 0.6 is 0 Å². The molecule has 2 aliphatic heterocycles. The maximum Gasteiger partial charge on any atom is 0.234 e. The predicted molar refractivity (Wildman–Crippen MR) is 75.5 cm³/mol. The minimum absolute atomic E-state index is 0.0328. The largest absolute Gasteiger partial charge is 0.367 e. The van der Waals surface area contributed by atoms with Gasteiger partial charge in [-0.1, -0.05) is 18.5 Å². The van der Waals surface area contributed by atoms with E-state index in [-0.39, 0.29) is 11.0 Å². The second-order valence-corrected chi connectivity index (χ2v) is 6.42. The van der Waals surface area contributed by atoms with Gasteiger partial charge in [0.15, 0.2) is 0 Å². The second kappa shape index (κ2) is 5.45. The molecule has 0 spiro atoms. The Labute approximate surface area is 120 Å². The van der Waals surface area contributed by atoms with Crippen LogP contribution < -0.4 is 5.32 Å². The number of hydrogen-bond donors (Lipinski definition) is 1. The van der Waals surface area contributed by atoms with Gasteiger partial charge in [-0.05, 0) is 45.6 Å². The van der Waals surface area contributed by atoms with Crippen LogP contribution in [0, 0.1) is 0 Å².